The minimum atomic E-state index is -4.01. The zero-order chi connectivity index (χ0) is 15.1. The molecule has 5 nitrogen and oxygen atoms in total. The van der Waals surface area contributed by atoms with Crippen molar-refractivity contribution < 1.29 is 17.9 Å². The van der Waals surface area contributed by atoms with Crippen LogP contribution in [0, 0.1) is 11.7 Å². The third-order valence-electron chi connectivity index (χ3n) is 3.46. The van der Waals surface area contributed by atoms with Crippen LogP contribution in [-0.2, 0) is 10.0 Å². The molecule has 0 radical (unpaired) electrons. The quantitative estimate of drug-likeness (QED) is 0.807. The lowest BCUT2D eigenvalue weighted by atomic mass is 9.99. The molecule has 0 bridgehead atoms. The van der Waals surface area contributed by atoms with Crippen molar-refractivity contribution in [2.75, 3.05) is 18.8 Å². The number of piperidine rings is 1. The van der Waals surface area contributed by atoms with Gasteiger partial charge in [0, 0.05) is 18.8 Å². The van der Waals surface area contributed by atoms with E-state index in [-0.39, 0.29) is 29.7 Å². The van der Waals surface area contributed by atoms with Crippen LogP contribution in [0.2, 0.25) is 5.02 Å². The lowest BCUT2D eigenvalue weighted by molar-refractivity contribution is 0.0628. The summed E-state index contributed by atoms with van der Waals surface area (Å²) in [6.45, 7) is 2.02. The molecule has 0 aromatic heterocycles. The van der Waals surface area contributed by atoms with Crippen LogP contribution >= 0.6 is 11.6 Å². The van der Waals surface area contributed by atoms with Crippen LogP contribution in [0.5, 0.6) is 0 Å². The van der Waals surface area contributed by atoms with Crippen molar-refractivity contribution in [3.63, 3.8) is 0 Å². The molecule has 1 aliphatic heterocycles. The summed E-state index contributed by atoms with van der Waals surface area (Å²) in [4.78, 5) is -0.522. The molecule has 1 aromatic rings. The summed E-state index contributed by atoms with van der Waals surface area (Å²) in [5.41, 5.74) is 5.61. The molecule has 112 valence electrons. The number of anilines is 1. The molecule has 1 heterocycles. The van der Waals surface area contributed by atoms with Gasteiger partial charge in [-0.05, 0) is 24.5 Å². The molecule has 20 heavy (non-hydrogen) atoms. The van der Waals surface area contributed by atoms with E-state index in [1.54, 1.807) is 6.92 Å². The number of sulfonamides is 1. The van der Waals surface area contributed by atoms with Gasteiger partial charge in [0.15, 0.2) is 5.82 Å². The zero-order valence-corrected chi connectivity index (χ0v) is 12.5. The number of aliphatic hydroxyl groups is 1. The average molecular weight is 323 g/mol. The number of nitrogens with zero attached hydrogens (tertiary/aromatic N) is 1. The van der Waals surface area contributed by atoms with E-state index in [9.17, 15) is 17.9 Å². The molecule has 1 saturated heterocycles. The van der Waals surface area contributed by atoms with Gasteiger partial charge in [-0.1, -0.05) is 18.5 Å². The van der Waals surface area contributed by atoms with Crippen molar-refractivity contribution >= 4 is 27.3 Å². The molecule has 0 aliphatic carbocycles. The second kappa shape index (κ2) is 5.48. The minimum Gasteiger partial charge on any atom is -0.399 e. The standard InChI is InChI=1S/C12H16ClFN2O3S/c1-7-6-16(3-2-10(7)17)20(18,19)11-5-8(15)4-9(13)12(11)14/h4-5,7,10,17H,2-3,6,15H2,1H3. The SMILES string of the molecule is CC1CN(S(=O)(=O)c2cc(N)cc(Cl)c2F)CCC1O. The molecule has 1 aromatic carbocycles. The number of nitrogen functional groups attached to an aromatic ring is 1. The van der Waals surface area contributed by atoms with E-state index >= 15 is 0 Å². The molecule has 0 amide bonds. The van der Waals surface area contributed by atoms with Crippen molar-refractivity contribution in [2.24, 2.45) is 5.92 Å². The number of halogens is 2. The maximum atomic E-state index is 14.0. The van der Waals surface area contributed by atoms with Crippen LogP contribution in [0.25, 0.3) is 0 Å². The van der Waals surface area contributed by atoms with Crippen LogP contribution in [-0.4, -0.2) is 37.0 Å². The van der Waals surface area contributed by atoms with E-state index in [2.05, 4.69) is 0 Å². The Morgan fingerprint density at radius 3 is 2.75 bits per heavy atom. The molecule has 8 heteroatoms. The molecule has 0 saturated carbocycles. The van der Waals surface area contributed by atoms with E-state index in [1.165, 1.54) is 6.07 Å². The van der Waals surface area contributed by atoms with Gasteiger partial charge in [0.05, 0.1) is 11.1 Å². The minimum absolute atomic E-state index is 0.0834. The summed E-state index contributed by atoms with van der Waals surface area (Å²) < 4.78 is 40.0. The molecule has 2 rings (SSSR count). The highest BCUT2D eigenvalue weighted by molar-refractivity contribution is 7.89. The smallest absolute Gasteiger partial charge is 0.246 e. The van der Waals surface area contributed by atoms with Crippen molar-refractivity contribution in [2.45, 2.75) is 24.3 Å². The normalized spacial score (nSPS) is 24.8. The topological polar surface area (TPSA) is 83.6 Å². The number of hydrogen-bond acceptors (Lipinski definition) is 4. The largest absolute Gasteiger partial charge is 0.399 e. The van der Waals surface area contributed by atoms with Gasteiger partial charge in [-0.2, -0.15) is 4.31 Å². The van der Waals surface area contributed by atoms with Gasteiger partial charge < -0.3 is 10.8 Å². The summed E-state index contributed by atoms with van der Waals surface area (Å²) >= 11 is 5.64. The molecular formula is C12H16ClFN2O3S. The first-order valence-electron chi connectivity index (χ1n) is 6.16. The fraction of sp³-hybridized carbons (Fsp3) is 0.500. The highest BCUT2D eigenvalue weighted by Crippen LogP contribution is 2.30. The molecule has 1 aliphatic rings. The molecule has 2 unspecified atom stereocenters. The molecular weight excluding hydrogens is 307 g/mol. The maximum Gasteiger partial charge on any atom is 0.246 e. The Balaban J connectivity index is 2.41. The fourth-order valence-corrected chi connectivity index (χ4v) is 4.18. The van der Waals surface area contributed by atoms with E-state index in [0.29, 0.717) is 6.42 Å². The molecule has 2 atom stereocenters. The number of rotatable bonds is 2. The Kier molecular flexibility index (Phi) is 4.24. The third kappa shape index (κ3) is 2.76. The van der Waals surface area contributed by atoms with Gasteiger partial charge in [0.2, 0.25) is 10.0 Å². The Morgan fingerprint density at radius 2 is 2.15 bits per heavy atom. The van der Waals surface area contributed by atoms with Crippen LogP contribution in [0.1, 0.15) is 13.3 Å². The Labute approximate surface area is 122 Å². The first-order valence-corrected chi connectivity index (χ1v) is 7.98. The van der Waals surface area contributed by atoms with Gasteiger partial charge in [-0.25, -0.2) is 12.8 Å². The van der Waals surface area contributed by atoms with Gasteiger partial charge in [0.1, 0.15) is 4.90 Å². The highest BCUT2D eigenvalue weighted by atomic mass is 35.5. The molecule has 0 spiro atoms. The monoisotopic (exact) mass is 322 g/mol. The molecule has 1 fully saturated rings. The zero-order valence-electron chi connectivity index (χ0n) is 10.9. The van der Waals surface area contributed by atoms with Crippen molar-refractivity contribution in [1.82, 2.24) is 4.31 Å². The number of benzene rings is 1. The Hall–Kier alpha value is -0.890. The fourth-order valence-electron chi connectivity index (χ4n) is 2.22. The van der Waals surface area contributed by atoms with Gasteiger partial charge in [0.25, 0.3) is 0 Å². The van der Waals surface area contributed by atoms with Gasteiger partial charge in [-0.15, -0.1) is 0 Å². The predicted molar refractivity (Wildman–Crippen MR) is 74.4 cm³/mol. The highest BCUT2D eigenvalue weighted by Gasteiger charge is 2.34. The van der Waals surface area contributed by atoms with Crippen LogP contribution in [0.15, 0.2) is 17.0 Å². The first kappa shape index (κ1) is 15.5. The van der Waals surface area contributed by atoms with E-state index in [4.69, 9.17) is 17.3 Å². The number of nitrogens with two attached hydrogens (primary N) is 1. The maximum absolute atomic E-state index is 14.0. The lowest BCUT2D eigenvalue weighted by Crippen LogP contribution is -2.45. The van der Waals surface area contributed by atoms with Gasteiger partial charge >= 0.3 is 0 Å². The van der Waals surface area contributed by atoms with Crippen LogP contribution < -0.4 is 5.73 Å². The summed E-state index contributed by atoms with van der Waals surface area (Å²) in [6.07, 6.45) is -0.228. The Bertz CT molecular complexity index is 623. The second-order valence-corrected chi connectivity index (χ2v) is 7.32. The second-order valence-electron chi connectivity index (χ2n) is 5.01. The number of aliphatic hydroxyl groups excluding tert-OH is 1. The first-order chi connectivity index (χ1) is 9.23. The summed E-state index contributed by atoms with van der Waals surface area (Å²) in [6, 6.07) is 2.23. The Morgan fingerprint density at radius 1 is 1.50 bits per heavy atom. The van der Waals surface area contributed by atoms with Crippen molar-refractivity contribution in [3.8, 4) is 0 Å². The van der Waals surface area contributed by atoms with E-state index in [0.717, 1.165) is 10.4 Å². The van der Waals surface area contributed by atoms with Crippen molar-refractivity contribution in [1.29, 1.82) is 0 Å². The van der Waals surface area contributed by atoms with Crippen LogP contribution in [0.3, 0.4) is 0 Å². The summed E-state index contributed by atoms with van der Waals surface area (Å²) in [5.74, 6) is -1.21. The summed E-state index contributed by atoms with van der Waals surface area (Å²) in [5, 5.41) is 9.31. The van der Waals surface area contributed by atoms with E-state index in [1.807, 2.05) is 0 Å². The lowest BCUT2D eigenvalue weighted by Gasteiger charge is -2.33. The predicted octanol–water partition coefficient (Wildman–Crippen LogP) is 1.45. The average Bonchev–Trinajstić information content (AvgIpc) is 2.36. The van der Waals surface area contributed by atoms with E-state index < -0.39 is 26.8 Å². The third-order valence-corrected chi connectivity index (χ3v) is 5.60. The van der Waals surface area contributed by atoms with Gasteiger partial charge in [-0.3, -0.25) is 0 Å². The van der Waals surface area contributed by atoms with Crippen molar-refractivity contribution in [3.05, 3.63) is 23.0 Å². The van der Waals surface area contributed by atoms with Crippen LogP contribution in [0.4, 0.5) is 10.1 Å². The number of hydrogen-bond donors (Lipinski definition) is 2. The summed E-state index contributed by atoms with van der Waals surface area (Å²) in [7, 11) is -4.01. The molecule has 3 N–H and O–H groups in total.